The Morgan fingerprint density at radius 1 is 1.30 bits per heavy atom. The number of benzene rings is 1. The summed E-state index contributed by atoms with van der Waals surface area (Å²) in [4.78, 5) is 1.03. The van der Waals surface area contributed by atoms with E-state index in [0.29, 0.717) is 0 Å². The summed E-state index contributed by atoms with van der Waals surface area (Å²) in [6.07, 6.45) is 1.98. The van der Waals surface area contributed by atoms with Gasteiger partial charge in [0.05, 0.1) is 0 Å². The average Bonchev–Trinajstić information content (AvgIpc) is 2.05. The maximum Gasteiger partial charge on any atom is 0.00697 e. The second kappa shape index (κ2) is 3.47. The molecule has 1 rings (SSSR count). The molecule has 0 amide bonds. The van der Waals surface area contributed by atoms with E-state index in [1.807, 2.05) is 43.3 Å². The average molecular weight is 150 g/mol. The lowest BCUT2D eigenvalue weighted by Gasteiger charge is -1.96. The normalized spacial score (nSPS) is 11.6. The summed E-state index contributed by atoms with van der Waals surface area (Å²) in [5.74, 6) is 0. The first-order chi connectivity index (χ1) is 4.84. The summed E-state index contributed by atoms with van der Waals surface area (Å²) in [5, 5.41) is 0. The largest absolute Gasteiger partial charge is 0.143 e. The van der Waals surface area contributed by atoms with Crippen molar-refractivity contribution in [2.24, 2.45) is 0 Å². The molecule has 0 atom stereocenters. The Morgan fingerprint density at radius 2 is 1.90 bits per heavy atom. The van der Waals surface area contributed by atoms with Crippen LogP contribution in [0, 0.1) is 0 Å². The van der Waals surface area contributed by atoms with Gasteiger partial charge >= 0.3 is 0 Å². The summed E-state index contributed by atoms with van der Waals surface area (Å²) in [6.45, 7) is 1.98. The fourth-order valence-electron chi connectivity index (χ4n) is 0.776. The molecule has 0 radical (unpaired) electrons. The lowest BCUT2D eigenvalue weighted by atomic mass is 10.2. The molecule has 0 bridgehead atoms. The highest BCUT2D eigenvalue weighted by Crippen LogP contribution is 2.16. The maximum atomic E-state index is 4.28. The zero-order chi connectivity index (χ0) is 7.40. The van der Waals surface area contributed by atoms with Crippen molar-refractivity contribution in [3.05, 3.63) is 42.0 Å². The first-order valence-corrected chi connectivity index (χ1v) is 3.70. The third-order valence-electron chi connectivity index (χ3n) is 1.34. The topological polar surface area (TPSA) is 0 Å². The van der Waals surface area contributed by atoms with Gasteiger partial charge < -0.3 is 0 Å². The van der Waals surface area contributed by atoms with Crippen LogP contribution in [-0.4, -0.2) is 0 Å². The van der Waals surface area contributed by atoms with E-state index < -0.39 is 0 Å². The van der Waals surface area contributed by atoms with Gasteiger partial charge in [-0.15, -0.1) is 12.6 Å². The monoisotopic (exact) mass is 150 g/mol. The Bertz CT molecular complexity index is 224. The molecule has 0 aliphatic carbocycles. The van der Waals surface area contributed by atoms with E-state index in [1.165, 1.54) is 5.56 Å². The second-order valence-corrected chi connectivity index (χ2v) is 2.52. The molecule has 0 N–H and O–H groups in total. The predicted molar refractivity (Wildman–Crippen MR) is 49.1 cm³/mol. The van der Waals surface area contributed by atoms with Crippen molar-refractivity contribution in [1.29, 1.82) is 0 Å². The molecule has 1 aromatic rings. The number of allylic oxidation sites excluding steroid dienone is 1. The highest BCUT2D eigenvalue weighted by atomic mass is 32.1. The van der Waals surface area contributed by atoms with E-state index in [1.54, 1.807) is 0 Å². The van der Waals surface area contributed by atoms with Gasteiger partial charge in [0.2, 0.25) is 0 Å². The number of hydrogen-bond donors (Lipinski definition) is 1. The molecule has 0 aliphatic rings. The van der Waals surface area contributed by atoms with Crippen LogP contribution >= 0.6 is 12.6 Å². The highest BCUT2D eigenvalue weighted by Gasteiger charge is 1.89. The predicted octanol–water partition coefficient (Wildman–Crippen LogP) is 2.98. The van der Waals surface area contributed by atoms with Gasteiger partial charge in [0.25, 0.3) is 0 Å². The molecular formula is C9H10S. The summed E-state index contributed by atoms with van der Waals surface area (Å²) >= 11 is 4.28. The molecule has 0 saturated carbocycles. The highest BCUT2D eigenvalue weighted by molar-refractivity contribution is 7.90. The van der Waals surface area contributed by atoms with Gasteiger partial charge in [-0.2, -0.15) is 0 Å². The minimum Gasteiger partial charge on any atom is -0.143 e. The SMILES string of the molecule is C/C=C(\S)c1ccccc1. The minimum atomic E-state index is 1.03. The third kappa shape index (κ3) is 1.64. The van der Waals surface area contributed by atoms with Crippen molar-refractivity contribution in [2.45, 2.75) is 6.92 Å². The quantitative estimate of drug-likeness (QED) is 0.584. The van der Waals surface area contributed by atoms with E-state index in [9.17, 15) is 0 Å². The van der Waals surface area contributed by atoms with E-state index in [2.05, 4.69) is 12.6 Å². The van der Waals surface area contributed by atoms with Gasteiger partial charge in [0.15, 0.2) is 0 Å². The van der Waals surface area contributed by atoms with Gasteiger partial charge in [-0.1, -0.05) is 36.4 Å². The number of thiol groups is 1. The van der Waals surface area contributed by atoms with Crippen LogP contribution in [0.15, 0.2) is 36.4 Å². The number of rotatable bonds is 1. The summed E-state index contributed by atoms with van der Waals surface area (Å²) in [5.41, 5.74) is 1.17. The van der Waals surface area contributed by atoms with Crippen LogP contribution in [0.5, 0.6) is 0 Å². The second-order valence-electron chi connectivity index (χ2n) is 2.04. The van der Waals surface area contributed by atoms with Crippen LogP contribution in [0.1, 0.15) is 12.5 Å². The van der Waals surface area contributed by atoms with Crippen molar-refractivity contribution in [3.8, 4) is 0 Å². The van der Waals surface area contributed by atoms with E-state index in [0.717, 1.165) is 4.91 Å². The van der Waals surface area contributed by atoms with Crippen LogP contribution in [0.4, 0.5) is 0 Å². The molecule has 0 aromatic heterocycles. The minimum absolute atomic E-state index is 1.03. The van der Waals surface area contributed by atoms with Crippen LogP contribution < -0.4 is 0 Å². The fraction of sp³-hybridized carbons (Fsp3) is 0.111. The Balaban J connectivity index is 2.96. The molecule has 0 heterocycles. The lowest BCUT2D eigenvalue weighted by Crippen LogP contribution is -1.72. The van der Waals surface area contributed by atoms with Gasteiger partial charge in [-0.05, 0) is 12.5 Å². The Hall–Kier alpha value is -0.690. The first-order valence-electron chi connectivity index (χ1n) is 3.25. The molecule has 1 heteroatoms. The summed E-state index contributed by atoms with van der Waals surface area (Å²) in [7, 11) is 0. The van der Waals surface area contributed by atoms with Gasteiger partial charge in [-0.3, -0.25) is 0 Å². The van der Waals surface area contributed by atoms with Crippen molar-refractivity contribution in [3.63, 3.8) is 0 Å². The molecule has 0 nitrogen and oxygen atoms in total. The van der Waals surface area contributed by atoms with Gasteiger partial charge in [0.1, 0.15) is 0 Å². The van der Waals surface area contributed by atoms with E-state index >= 15 is 0 Å². The van der Waals surface area contributed by atoms with Crippen LogP contribution in [-0.2, 0) is 0 Å². The van der Waals surface area contributed by atoms with Crippen molar-refractivity contribution >= 4 is 17.5 Å². The fourth-order valence-corrected chi connectivity index (χ4v) is 0.925. The molecule has 0 unspecified atom stereocenters. The molecule has 0 saturated heterocycles. The van der Waals surface area contributed by atoms with Crippen LogP contribution in [0.2, 0.25) is 0 Å². The zero-order valence-corrected chi connectivity index (χ0v) is 6.81. The van der Waals surface area contributed by atoms with Crippen LogP contribution in [0.3, 0.4) is 0 Å². The van der Waals surface area contributed by atoms with E-state index in [-0.39, 0.29) is 0 Å². The molecule has 0 fully saturated rings. The molecule has 0 aliphatic heterocycles. The van der Waals surface area contributed by atoms with E-state index in [4.69, 9.17) is 0 Å². The van der Waals surface area contributed by atoms with Gasteiger partial charge in [0, 0.05) is 4.91 Å². The Morgan fingerprint density at radius 3 is 2.40 bits per heavy atom. The summed E-state index contributed by atoms with van der Waals surface area (Å²) in [6, 6.07) is 10.1. The summed E-state index contributed by atoms with van der Waals surface area (Å²) < 4.78 is 0. The molecule has 10 heavy (non-hydrogen) atoms. The Kier molecular flexibility index (Phi) is 2.57. The number of hydrogen-bond acceptors (Lipinski definition) is 1. The maximum absolute atomic E-state index is 4.28. The van der Waals surface area contributed by atoms with Crippen molar-refractivity contribution < 1.29 is 0 Å². The standard InChI is InChI=1S/C9H10S/c1-2-9(10)8-6-4-3-5-7-8/h2-7,10H,1H3/b9-2-. The van der Waals surface area contributed by atoms with Crippen molar-refractivity contribution in [1.82, 2.24) is 0 Å². The third-order valence-corrected chi connectivity index (χ3v) is 1.86. The van der Waals surface area contributed by atoms with Crippen LogP contribution in [0.25, 0.3) is 4.91 Å². The Labute approximate surface area is 67.0 Å². The molecule has 0 spiro atoms. The molecule has 1 aromatic carbocycles. The van der Waals surface area contributed by atoms with Crippen molar-refractivity contribution in [2.75, 3.05) is 0 Å². The first kappa shape index (κ1) is 7.42. The molecule has 52 valence electrons. The smallest absolute Gasteiger partial charge is 0.00697 e. The molecular weight excluding hydrogens is 140 g/mol. The van der Waals surface area contributed by atoms with Gasteiger partial charge in [-0.25, -0.2) is 0 Å². The zero-order valence-electron chi connectivity index (χ0n) is 5.91. The lowest BCUT2D eigenvalue weighted by molar-refractivity contribution is 1.63.